The number of nitrogens with zero attached hydrogens (tertiary/aromatic N) is 4. The molecule has 2 aliphatic rings. The standard InChI is InChI=1S/C12H13N5O5/c1-5-3-16(11(21)14-9(5)20)10-7-8(19)12(4-18,22-10)6-2-13-15-17(6)7/h2-3,7-8,10,18-19H,4H2,1H3,(H,14,20,21)/t7-,8?,10+,12+/m0/s1. The first-order valence-electron chi connectivity index (χ1n) is 6.69. The lowest BCUT2D eigenvalue weighted by molar-refractivity contribution is -0.143. The van der Waals surface area contributed by atoms with Crippen molar-refractivity contribution >= 4 is 0 Å². The number of aromatic amines is 1. The summed E-state index contributed by atoms with van der Waals surface area (Å²) in [6, 6.07) is -0.715. The number of aliphatic hydroxyl groups excluding tert-OH is 2. The zero-order valence-corrected chi connectivity index (χ0v) is 11.5. The molecule has 4 rings (SSSR count). The molecule has 116 valence electrons. The Kier molecular flexibility index (Phi) is 2.50. The lowest BCUT2D eigenvalue weighted by Crippen LogP contribution is -2.40. The molecule has 0 spiro atoms. The van der Waals surface area contributed by atoms with Crippen LogP contribution in [0.25, 0.3) is 0 Å². The second-order valence-electron chi connectivity index (χ2n) is 5.53. The van der Waals surface area contributed by atoms with Gasteiger partial charge in [0, 0.05) is 11.8 Å². The molecule has 0 radical (unpaired) electrons. The third kappa shape index (κ3) is 1.39. The highest BCUT2D eigenvalue weighted by molar-refractivity contribution is 5.25. The van der Waals surface area contributed by atoms with Gasteiger partial charge < -0.3 is 14.9 Å². The van der Waals surface area contributed by atoms with Gasteiger partial charge in [-0.15, -0.1) is 5.10 Å². The number of nitrogens with one attached hydrogen (secondary N) is 1. The van der Waals surface area contributed by atoms with E-state index in [0.29, 0.717) is 11.3 Å². The van der Waals surface area contributed by atoms with Crippen molar-refractivity contribution in [3.63, 3.8) is 0 Å². The van der Waals surface area contributed by atoms with Gasteiger partial charge in [-0.1, -0.05) is 5.21 Å². The molecule has 1 saturated heterocycles. The minimum Gasteiger partial charge on any atom is -0.393 e. The van der Waals surface area contributed by atoms with Crippen LogP contribution < -0.4 is 11.2 Å². The minimum absolute atomic E-state index is 0.331. The maximum absolute atomic E-state index is 12.0. The Hall–Kier alpha value is -2.30. The average molecular weight is 307 g/mol. The van der Waals surface area contributed by atoms with Gasteiger partial charge in [-0.25, -0.2) is 9.48 Å². The molecular weight excluding hydrogens is 294 g/mol. The highest BCUT2D eigenvalue weighted by Gasteiger charge is 2.65. The van der Waals surface area contributed by atoms with Gasteiger partial charge in [0.2, 0.25) is 0 Å². The lowest BCUT2D eigenvalue weighted by Gasteiger charge is -2.29. The second kappa shape index (κ2) is 4.12. The summed E-state index contributed by atoms with van der Waals surface area (Å²) in [5.41, 5.74) is -1.73. The van der Waals surface area contributed by atoms with E-state index < -0.39 is 41.8 Å². The van der Waals surface area contributed by atoms with E-state index in [0.717, 1.165) is 0 Å². The Morgan fingerprint density at radius 2 is 2.27 bits per heavy atom. The molecule has 1 fully saturated rings. The smallest absolute Gasteiger partial charge is 0.330 e. The van der Waals surface area contributed by atoms with Gasteiger partial charge in [0.05, 0.1) is 18.5 Å². The maximum Gasteiger partial charge on any atom is 0.330 e. The van der Waals surface area contributed by atoms with E-state index in [1.807, 2.05) is 0 Å². The van der Waals surface area contributed by atoms with Crippen molar-refractivity contribution in [1.29, 1.82) is 0 Å². The summed E-state index contributed by atoms with van der Waals surface area (Å²) >= 11 is 0. The van der Waals surface area contributed by atoms with Crippen LogP contribution in [-0.4, -0.2) is 47.5 Å². The zero-order chi connectivity index (χ0) is 15.6. The number of fused-ring (bicyclic) bond motifs is 5. The molecule has 0 amide bonds. The van der Waals surface area contributed by atoms with E-state index in [9.17, 15) is 19.8 Å². The molecule has 3 N–H and O–H groups in total. The van der Waals surface area contributed by atoms with E-state index in [4.69, 9.17) is 4.74 Å². The Labute approximate surface area is 122 Å². The van der Waals surface area contributed by atoms with Crippen molar-refractivity contribution in [1.82, 2.24) is 24.5 Å². The van der Waals surface area contributed by atoms with Crippen LogP contribution in [0.15, 0.2) is 22.0 Å². The first kappa shape index (κ1) is 13.4. The zero-order valence-electron chi connectivity index (χ0n) is 11.5. The van der Waals surface area contributed by atoms with Crippen LogP contribution in [0.1, 0.15) is 23.5 Å². The van der Waals surface area contributed by atoms with Crippen LogP contribution >= 0.6 is 0 Å². The molecule has 2 aromatic rings. The Morgan fingerprint density at radius 1 is 1.50 bits per heavy atom. The van der Waals surface area contributed by atoms with Crippen LogP contribution in [-0.2, 0) is 10.3 Å². The molecule has 2 bridgehead atoms. The summed E-state index contributed by atoms with van der Waals surface area (Å²) in [6.07, 6.45) is 0.795. The van der Waals surface area contributed by atoms with E-state index in [1.165, 1.54) is 21.6 Å². The maximum atomic E-state index is 12.0. The van der Waals surface area contributed by atoms with E-state index in [1.54, 1.807) is 6.92 Å². The fourth-order valence-corrected chi connectivity index (χ4v) is 3.23. The molecule has 1 unspecified atom stereocenters. The Bertz CT molecular complexity index is 869. The summed E-state index contributed by atoms with van der Waals surface area (Å²) in [4.78, 5) is 25.7. The monoisotopic (exact) mass is 307 g/mol. The van der Waals surface area contributed by atoms with Crippen molar-refractivity contribution in [2.24, 2.45) is 0 Å². The van der Waals surface area contributed by atoms with Crippen LogP contribution in [0, 0.1) is 6.92 Å². The van der Waals surface area contributed by atoms with Crippen LogP contribution in [0.2, 0.25) is 0 Å². The fourth-order valence-electron chi connectivity index (χ4n) is 3.23. The number of ether oxygens (including phenoxy) is 1. The van der Waals surface area contributed by atoms with Gasteiger partial charge in [-0.2, -0.15) is 0 Å². The quantitative estimate of drug-likeness (QED) is 0.571. The molecule has 22 heavy (non-hydrogen) atoms. The fraction of sp³-hybridized carbons (Fsp3) is 0.500. The molecule has 4 heterocycles. The van der Waals surface area contributed by atoms with Gasteiger partial charge in [0.25, 0.3) is 5.56 Å². The molecule has 0 aromatic carbocycles. The number of aromatic nitrogens is 5. The predicted octanol–water partition coefficient (Wildman–Crippen LogP) is -2.23. The number of hydrogen-bond acceptors (Lipinski definition) is 7. The summed E-state index contributed by atoms with van der Waals surface area (Å²) < 4.78 is 8.43. The average Bonchev–Trinajstić information content (AvgIpc) is 3.12. The minimum atomic E-state index is -1.37. The van der Waals surface area contributed by atoms with E-state index >= 15 is 0 Å². The summed E-state index contributed by atoms with van der Waals surface area (Å²) in [5, 5.41) is 27.8. The van der Waals surface area contributed by atoms with E-state index in [2.05, 4.69) is 15.3 Å². The van der Waals surface area contributed by atoms with Crippen molar-refractivity contribution in [2.75, 3.05) is 6.61 Å². The van der Waals surface area contributed by atoms with Gasteiger partial charge in [0.1, 0.15) is 12.1 Å². The molecule has 10 nitrogen and oxygen atoms in total. The van der Waals surface area contributed by atoms with Crippen molar-refractivity contribution in [3.05, 3.63) is 44.5 Å². The van der Waals surface area contributed by atoms with Gasteiger partial charge in [-0.3, -0.25) is 14.3 Å². The molecule has 2 aliphatic heterocycles. The second-order valence-corrected chi connectivity index (χ2v) is 5.53. The molecule has 0 saturated carbocycles. The summed E-state index contributed by atoms with van der Waals surface area (Å²) in [5.74, 6) is 0. The highest BCUT2D eigenvalue weighted by atomic mass is 16.6. The molecule has 4 atom stereocenters. The first-order valence-corrected chi connectivity index (χ1v) is 6.69. The normalized spacial score (nSPS) is 32.4. The van der Waals surface area contributed by atoms with E-state index in [-0.39, 0.29) is 0 Å². The number of aliphatic hydroxyl groups is 2. The summed E-state index contributed by atoms with van der Waals surface area (Å²) in [7, 11) is 0. The lowest BCUT2D eigenvalue weighted by atomic mass is 9.97. The van der Waals surface area contributed by atoms with Crippen molar-refractivity contribution in [3.8, 4) is 0 Å². The number of rotatable bonds is 2. The molecule has 10 heteroatoms. The number of aryl methyl sites for hydroxylation is 1. The Morgan fingerprint density at radius 3 is 3.00 bits per heavy atom. The van der Waals surface area contributed by atoms with Crippen LogP contribution in [0.4, 0.5) is 0 Å². The largest absolute Gasteiger partial charge is 0.393 e. The van der Waals surface area contributed by atoms with Gasteiger partial charge in [0.15, 0.2) is 11.8 Å². The SMILES string of the molecule is Cc1cn([C@@H]2O[C@]3(CO)c4cnnn4[C@H]2C3O)c(=O)[nH]c1=O. The molecule has 2 aromatic heterocycles. The van der Waals surface area contributed by atoms with Crippen LogP contribution in [0.5, 0.6) is 0 Å². The third-order valence-electron chi connectivity index (χ3n) is 4.37. The molecular formula is C12H13N5O5. The van der Waals surface area contributed by atoms with Crippen molar-refractivity contribution < 1.29 is 14.9 Å². The van der Waals surface area contributed by atoms with Crippen molar-refractivity contribution in [2.45, 2.75) is 30.9 Å². The molecule has 0 aliphatic carbocycles. The van der Waals surface area contributed by atoms with Gasteiger partial charge in [-0.05, 0) is 6.92 Å². The third-order valence-corrected chi connectivity index (χ3v) is 4.37. The summed E-state index contributed by atoms with van der Waals surface area (Å²) in [6.45, 7) is 1.08. The van der Waals surface area contributed by atoms with Gasteiger partial charge >= 0.3 is 5.69 Å². The number of hydrogen-bond donors (Lipinski definition) is 3. The predicted molar refractivity (Wildman–Crippen MR) is 70.0 cm³/mol. The Balaban J connectivity index is 1.90. The van der Waals surface area contributed by atoms with Crippen LogP contribution in [0.3, 0.4) is 0 Å². The highest BCUT2D eigenvalue weighted by Crippen LogP contribution is 2.54. The topological polar surface area (TPSA) is 135 Å². The number of H-pyrrole nitrogens is 1. The first-order chi connectivity index (χ1) is 10.5.